The molecule has 0 bridgehead atoms. The Morgan fingerprint density at radius 3 is 2.55 bits per heavy atom. The molecule has 0 radical (unpaired) electrons. The summed E-state index contributed by atoms with van der Waals surface area (Å²) >= 11 is 1.34. The number of sulfone groups is 1. The van der Waals surface area contributed by atoms with Crippen molar-refractivity contribution >= 4 is 31.8 Å². The number of rotatable bonds is 6. The van der Waals surface area contributed by atoms with Gasteiger partial charge >= 0.3 is 0 Å². The van der Waals surface area contributed by atoms with Crippen LogP contribution in [0.25, 0.3) is 0 Å². The maximum atomic E-state index is 13.3. The summed E-state index contributed by atoms with van der Waals surface area (Å²) in [5, 5.41) is 18.0. The molecular weight excluding hydrogens is 434 g/mol. The number of fused-ring (bicyclic) bond motifs is 1. The summed E-state index contributed by atoms with van der Waals surface area (Å²) in [7, 11) is -2.18. The fourth-order valence-corrected chi connectivity index (χ4v) is 6.25. The highest BCUT2D eigenvalue weighted by Gasteiger charge is 2.43. The lowest BCUT2D eigenvalue weighted by molar-refractivity contribution is 0.155. The molecule has 164 valence electrons. The van der Waals surface area contributed by atoms with Gasteiger partial charge in [-0.1, -0.05) is 36.4 Å². The van der Waals surface area contributed by atoms with E-state index >= 15 is 0 Å². The number of methoxy groups -OCH3 is 1. The van der Waals surface area contributed by atoms with Gasteiger partial charge in [0.1, 0.15) is 27.3 Å². The SMILES string of the molecule is COc1ccc(C2C(C)N=C3SC(C(C)(C)O)=NN32)cc1S(=O)(=O)Cc1ccccc1. The van der Waals surface area contributed by atoms with Crippen molar-refractivity contribution in [3.8, 4) is 5.75 Å². The Balaban J connectivity index is 1.72. The summed E-state index contributed by atoms with van der Waals surface area (Å²) in [6.07, 6.45) is 0. The second-order valence-electron chi connectivity index (χ2n) is 8.16. The fraction of sp³-hybridized carbons (Fsp3) is 0.364. The van der Waals surface area contributed by atoms with Crippen LogP contribution in [0.1, 0.15) is 37.9 Å². The van der Waals surface area contributed by atoms with Crippen LogP contribution in [-0.2, 0) is 15.6 Å². The number of hydrazone groups is 1. The van der Waals surface area contributed by atoms with Crippen molar-refractivity contribution in [1.29, 1.82) is 0 Å². The first kappa shape index (κ1) is 21.9. The van der Waals surface area contributed by atoms with E-state index in [2.05, 4.69) is 10.1 Å². The third-order valence-corrected chi connectivity index (χ3v) is 8.16. The minimum atomic E-state index is -3.64. The van der Waals surface area contributed by atoms with E-state index in [-0.39, 0.29) is 22.7 Å². The lowest BCUT2D eigenvalue weighted by Gasteiger charge is -2.24. The molecule has 4 rings (SSSR count). The largest absolute Gasteiger partial charge is 0.495 e. The Morgan fingerprint density at radius 1 is 1.19 bits per heavy atom. The predicted molar refractivity (Wildman–Crippen MR) is 123 cm³/mol. The van der Waals surface area contributed by atoms with Gasteiger partial charge in [-0.3, -0.25) is 4.99 Å². The average molecular weight is 460 g/mol. The Labute approximate surface area is 186 Å². The number of aliphatic imine (C=N–C) groups is 1. The summed E-state index contributed by atoms with van der Waals surface area (Å²) in [6.45, 7) is 5.33. The Morgan fingerprint density at radius 2 is 1.90 bits per heavy atom. The maximum Gasteiger partial charge on any atom is 0.187 e. The third kappa shape index (κ3) is 4.22. The smallest absolute Gasteiger partial charge is 0.187 e. The standard InChI is InChI=1S/C22H25N3O4S2/c1-14-19(25-21(23-14)30-20(24-25)22(2,3)26)16-10-11-17(29-4)18(12-16)31(27,28)13-15-8-6-5-7-9-15/h5-12,14,19,26H,13H2,1-4H3. The zero-order chi connectivity index (χ0) is 22.4. The fourth-order valence-electron chi connectivity index (χ4n) is 3.67. The van der Waals surface area contributed by atoms with Crippen LogP contribution in [0.4, 0.5) is 0 Å². The van der Waals surface area contributed by atoms with E-state index in [1.54, 1.807) is 43.1 Å². The first-order chi connectivity index (χ1) is 14.6. The van der Waals surface area contributed by atoms with E-state index in [0.717, 1.165) is 5.56 Å². The Kier molecular flexibility index (Phi) is 5.61. The molecule has 9 heteroatoms. The van der Waals surface area contributed by atoms with Crippen LogP contribution < -0.4 is 4.74 Å². The van der Waals surface area contributed by atoms with Crippen molar-refractivity contribution in [2.45, 2.75) is 49.1 Å². The van der Waals surface area contributed by atoms with Crippen molar-refractivity contribution in [3.63, 3.8) is 0 Å². The molecule has 2 unspecified atom stereocenters. The average Bonchev–Trinajstić information content (AvgIpc) is 3.25. The van der Waals surface area contributed by atoms with Crippen molar-refractivity contribution in [2.75, 3.05) is 7.11 Å². The third-order valence-electron chi connectivity index (χ3n) is 5.20. The molecule has 0 amide bonds. The molecular formula is C22H25N3O4S2. The number of hydrogen-bond acceptors (Lipinski definition) is 8. The van der Waals surface area contributed by atoms with Crippen molar-refractivity contribution < 1.29 is 18.3 Å². The molecule has 2 aliphatic heterocycles. The monoisotopic (exact) mass is 459 g/mol. The number of ether oxygens (including phenoxy) is 1. The van der Waals surface area contributed by atoms with E-state index in [1.165, 1.54) is 18.9 Å². The van der Waals surface area contributed by atoms with Gasteiger partial charge in [0.15, 0.2) is 15.0 Å². The van der Waals surface area contributed by atoms with Crippen molar-refractivity contribution in [1.82, 2.24) is 5.01 Å². The first-order valence-corrected chi connectivity index (χ1v) is 12.4. The number of thioether (sulfide) groups is 1. The number of benzene rings is 2. The van der Waals surface area contributed by atoms with Gasteiger partial charge in [-0.2, -0.15) is 5.10 Å². The number of aliphatic hydroxyl groups is 1. The molecule has 2 aromatic carbocycles. The van der Waals surface area contributed by atoms with Gasteiger partial charge in [-0.15, -0.1) is 0 Å². The van der Waals surface area contributed by atoms with E-state index in [0.29, 0.717) is 21.5 Å². The van der Waals surface area contributed by atoms with Crippen LogP contribution in [0, 0.1) is 0 Å². The zero-order valence-corrected chi connectivity index (χ0v) is 19.4. The number of hydrogen-bond donors (Lipinski definition) is 1. The molecule has 2 heterocycles. The van der Waals surface area contributed by atoms with Gasteiger partial charge in [0.05, 0.1) is 18.9 Å². The zero-order valence-electron chi connectivity index (χ0n) is 17.8. The second kappa shape index (κ2) is 7.96. The molecule has 0 saturated heterocycles. The highest BCUT2D eigenvalue weighted by atomic mass is 32.2. The number of amidine groups is 1. The number of nitrogens with zero attached hydrogens (tertiary/aromatic N) is 3. The minimum Gasteiger partial charge on any atom is -0.495 e. The highest BCUT2D eigenvalue weighted by molar-refractivity contribution is 8.27. The second-order valence-corrected chi connectivity index (χ2v) is 11.1. The molecule has 2 atom stereocenters. The molecule has 0 fully saturated rings. The molecule has 0 aromatic heterocycles. The molecule has 0 saturated carbocycles. The summed E-state index contributed by atoms with van der Waals surface area (Å²) in [5.41, 5.74) is 0.417. The highest BCUT2D eigenvalue weighted by Crippen LogP contribution is 2.42. The van der Waals surface area contributed by atoms with Crippen LogP contribution in [-0.4, -0.2) is 47.5 Å². The van der Waals surface area contributed by atoms with Gasteiger partial charge in [-0.05, 0) is 55.8 Å². The van der Waals surface area contributed by atoms with Crippen LogP contribution in [0.2, 0.25) is 0 Å². The lowest BCUT2D eigenvalue weighted by atomic mass is 10.0. The Bertz CT molecular complexity index is 1160. The minimum absolute atomic E-state index is 0.115. The molecule has 0 aliphatic carbocycles. The van der Waals surface area contributed by atoms with E-state index in [1.807, 2.05) is 31.2 Å². The summed E-state index contributed by atoms with van der Waals surface area (Å²) < 4.78 is 31.9. The Hall–Kier alpha value is -2.36. The van der Waals surface area contributed by atoms with E-state index in [4.69, 9.17) is 4.74 Å². The van der Waals surface area contributed by atoms with Gasteiger partial charge in [-0.25, -0.2) is 13.4 Å². The van der Waals surface area contributed by atoms with E-state index in [9.17, 15) is 13.5 Å². The molecule has 31 heavy (non-hydrogen) atoms. The quantitative estimate of drug-likeness (QED) is 0.710. The maximum absolute atomic E-state index is 13.3. The molecule has 7 nitrogen and oxygen atoms in total. The first-order valence-electron chi connectivity index (χ1n) is 9.91. The summed E-state index contributed by atoms with van der Waals surface area (Å²) in [6, 6.07) is 13.9. The summed E-state index contributed by atoms with van der Waals surface area (Å²) in [5.74, 6) is 0.193. The lowest BCUT2D eigenvalue weighted by Crippen LogP contribution is -2.28. The molecule has 2 aliphatic rings. The van der Waals surface area contributed by atoms with Gasteiger partial charge in [0, 0.05) is 0 Å². The van der Waals surface area contributed by atoms with Gasteiger partial charge in [0.25, 0.3) is 0 Å². The topological polar surface area (TPSA) is 91.6 Å². The molecule has 1 N–H and O–H groups in total. The van der Waals surface area contributed by atoms with E-state index < -0.39 is 15.4 Å². The van der Waals surface area contributed by atoms with Crippen molar-refractivity contribution in [2.24, 2.45) is 10.1 Å². The van der Waals surface area contributed by atoms with Gasteiger partial charge < -0.3 is 9.84 Å². The van der Waals surface area contributed by atoms with Crippen LogP contribution in [0.3, 0.4) is 0 Å². The van der Waals surface area contributed by atoms with Crippen molar-refractivity contribution in [3.05, 3.63) is 59.7 Å². The summed E-state index contributed by atoms with van der Waals surface area (Å²) in [4.78, 5) is 4.82. The van der Waals surface area contributed by atoms with Crippen LogP contribution in [0.5, 0.6) is 5.75 Å². The van der Waals surface area contributed by atoms with Crippen LogP contribution in [0.15, 0.2) is 63.5 Å². The predicted octanol–water partition coefficient (Wildman–Crippen LogP) is 3.60. The molecule has 0 spiro atoms. The normalized spacial score (nSPS) is 21.0. The van der Waals surface area contributed by atoms with Gasteiger partial charge in [0.2, 0.25) is 0 Å². The molecule has 2 aromatic rings. The van der Waals surface area contributed by atoms with Crippen LogP contribution >= 0.6 is 11.8 Å².